The number of nitrogens with one attached hydrogen (secondary N) is 2. The first-order valence-electron chi connectivity index (χ1n) is 11.4. The molecule has 0 heterocycles. The van der Waals surface area contributed by atoms with Crippen LogP contribution in [0.2, 0.25) is 0 Å². The van der Waals surface area contributed by atoms with E-state index in [0.29, 0.717) is 29.5 Å². The van der Waals surface area contributed by atoms with Crippen LogP contribution in [-0.4, -0.2) is 11.7 Å². The van der Waals surface area contributed by atoms with Crippen LogP contribution in [0.1, 0.15) is 52.2 Å². The van der Waals surface area contributed by atoms with Gasteiger partial charge >= 0.3 is 0 Å². The minimum atomic E-state index is -0.529. The van der Waals surface area contributed by atoms with Gasteiger partial charge in [0.2, 0.25) is 0 Å². The van der Waals surface area contributed by atoms with E-state index in [1.807, 2.05) is 20.8 Å². The average Bonchev–Trinajstić information content (AvgIpc) is 2.83. The van der Waals surface area contributed by atoms with Gasteiger partial charge in [-0.3, -0.25) is 0 Å². The van der Waals surface area contributed by atoms with Crippen molar-refractivity contribution in [3.05, 3.63) is 83.7 Å². The topological polar surface area (TPSA) is 101 Å². The van der Waals surface area contributed by atoms with E-state index in [4.69, 9.17) is 11.5 Å². The smallest absolute Gasteiger partial charge is 0.156 e. The maximum absolute atomic E-state index is 15.3. The highest BCUT2D eigenvalue weighted by atomic mass is 19.1. The second-order valence-corrected chi connectivity index (χ2v) is 8.06. The van der Waals surface area contributed by atoms with Crippen LogP contribution < -0.4 is 22.1 Å². The summed E-state index contributed by atoms with van der Waals surface area (Å²) in [5.74, 6) is -0.0436. The van der Waals surface area contributed by atoms with Crippen LogP contribution >= 0.6 is 0 Å². The van der Waals surface area contributed by atoms with Gasteiger partial charge in [0.25, 0.3) is 0 Å². The minimum absolute atomic E-state index is 0.0242. The van der Waals surface area contributed by atoms with E-state index in [-0.39, 0.29) is 34.2 Å². The minimum Gasteiger partial charge on any atom is -0.387 e. The molecule has 0 fully saturated rings. The van der Waals surface area contributed by atoms with Crippen LogP contribution in [0.3, 0.4) is 0 Å². The van der Waals surface area contributed by atoms with Crippen molar-refractivity contribution in [1.29, 1.82) is 0 Å². The number of halogens is 2. The number of hydrogen-bond donors (Lipinski definition) is 4. The van der Waals surface area contributed by atoms with E-state index in [0.717, 1.165) is 0 Å². The van der Waals surface area contributed by atoms with Gasteiger partial charge in [0, 0.05) is 23.5 Å². The molecule has 0 saturated heterocycles. The van der Waals surface area contributed by atoms with E-state index >= 15 is 8.78 Å². The molecule has 0 unspecified atom stereocenters. The number of anilines is 2. The Kier molecular flexibility index (Phi) is 9.75. The SMILES string of the molecule is C=C(Nc1cccc(/C(=C/C)N=C(N)CC)c1F)Nc1cccc(/C(=C/C)N=C(N)C(C)C)c1F. The molecule has 2 aromatic rings. The molecular formula is C27H34F2N6. The quantitative estimate of drug-likeness (QED) is 0.231. The summed E-state index contributed by atoms with van der Waals surface area (Å²) in [6.45, 7) is 13.1. The Labute approximate surface area is 206 Å². The number of nitrogens with two attached hydrogens (primary N) is 2. The summed E-state index contributed by atoms with van der Waals surface area (Å²) in [6.07, 6.45) is 3.93. The lowest BCUT2D eigenvalue weighted by molar-refractivity contribution is 0.626. The molecule has 6 nitrogen and oxygen atoms in total. The summed E-state index contributed by atoms with van der Waals surface area (Å²) in [5.41, 5.74) is 13.5. The molecule has 0 amide bonds. The Morgan fingerprint density at radius 3 is 1.77 bits per heavy atom. The van der Waals surface area contributed by atoms with Crippen LogP contribution in [0.15, 0.2) is 70.9 Å². The van der Waals surface area contributed by atoms with E-state index < -0.39 is 11.6 Å². The second kappa shape index (κ2) is 12.5. The highest BCUT2D eigenvalue weighted by molar-refractivity contribution is 5.89. The van der Waals surface area contributed by atoms with Gasteiger partial charge in [-0.2, -0.15) is 0 Å². The number of amidine groups is 2. The zero-order valence-corrected chi connectivity index (χ0v) is 20.9. The third-order valence-electron chi connectivity index (χ3n) is 5.13. The summed E-state index contributed by atoms with van der Waals surface area (Å²) in [6, 6.07) is 9.72. The number of allylic oxidation sites excluding steroid dienone is 2. The number of nitrogens with zero attached hydrogens (tertiary/aromatic N) is 2. The van der Waals surface area contributed by atoms with Crippen molar-refractivity contribution < 1.29 is 8.78 Å². The van der Waals surface area contributed by atoms with Gasteiger partial charge < -0.3 is 22.1 Å². The summed E-state index contributed by atoms with van der Waals surface area (Å²) in [7, 11) is 0. The zero-order chi connectivity index (χ0) is 26.1. The normalized spacial score (nSPS) is 13.3. The van der Waals surface area contributed by atoms with Crippen LogP contribution in [-0.2, 0) is 0 Å². The van der Waals surface area contributed by atoms with Crippen molar-refractivity contribution in [2.75, 3.05) is 10.6 Å². The molecule has 2 rings (SSSR count). The number of rotatable bonds is 10. The van der Waals surface area contributed by atoms with Gasteiger partial charge in [-0.15, -0.1) is 0 Å². The van der Waals surface area contributed by atoms with Crippen LogP contribution in [0.25, 0.3) is 11.4 Å². The average molecular weight is 481 g/mol. The van der Waals surface area contributed by atoms with Gasteiger partial charge in [-0.05, 0) is 38.1 Å². The molecular weight excluding hydrogens is 446 g/mol. The largest absolute Gasteiger partial charge is 0.387 e. The van der Waals surface area contributed by atoms with Crippen molar-refractivity contribution in [1.82, 2.24) is 0 Å². The molecule has 0 spiro atoms. The van der Waals surface area contributed by atoms with E-state index in [2.05, 4.69) is 27.2 Å². The number of benzene rings is 2. The maximum Gasteiger partial charge on any atom is 0.156 e. The van der Waals surface area contributed by atoms with E-state index in [9.17, 15) is 0 Å². The fraction of sp³-hybridized carbons (Fsp3) is 0.259. The maximum atomic E-state index is 15.3. The number of hydrogen-bond acceptors (Lipinski definition) is 4. The second-order valence-electron chi connectivity index (χ2n) is 8.06. The lowest BCUT2D eigenvalue weighted by Gasteiger charge is -2.16. The first-order valence-corrected chi connectivity index (χ1v) is 11.4. The molecule has 0 aliphatic rings. The molecule has 35 heavy (non-hydrogen) atoms. The Hall–Kier alpha value is -3.94. The van der Waals surface area contributed by atoms with Crippen molar-refractivity contribution in [3.8, 4) is 0 Å². The fourth-order valence-electron chi connectivity index (χ4n) is 3.07. The van der Waals surface area contributed by atoms with Gasteiger partial charge in [-0.25, -0.2) is 18.8 Å². The molecule has 8 heteroatoms. The van der Waals surface area contributed by atoms with Crippen LogP contribution in [0.5, 0.6) is 0 Å². The van der Waals surface area contributed by atoms with Gasteiger partial charge in [0.1, 0.15) is 11.7 Å². The molecule has 0 atom stereocenters. The first-order chi connectivity index (χ1) is 16.6. The van der Waals surface area contributed by atoms with Crippen LogP contribution in [0.4, 0.5) is 20.2 Å². The van der Waals surface area contributed by atoms with E-state index in [1.165, 1.54) is 0 Å². The number of aliphatic imine (C=N–C) groups is 2. The van der Waals surface area contributed by atoms with Crippen molar-refractivity contribution in [2.45, 2.75) is 41.0 Å². The molecule has 0 aliphatic heterocycles. The summed E-state index contributed by atoms with van der Waals surface area (Å²) in [4.78, 5) is 8.65. The summed E-state index contributed by atoms with van der Waals surface area (Å²) in [5, 5.41) is 5.74. The Bertz CT molecular complexity index is 1190. The lowest BCUT2D eigenvalue weighted by Crippen LogP contribution is -2.18. The molecule has 0 radical (unpaired) electrons. The predicted octanol–water partition coefficient (Wildman–Crippen LogP) is 6.46. The molecule has 6 N–H and O–H groups in total. The molecule has 0 aromatic heterocycles. The standard InChI is InChI=1S/C27H34F2N6/c1-7-20(34-24(30)9-3)18-12-10-14-22(25(18)28)32-17(6)33-23-15-11-13-19(26(23)29)21(8-2)35-27(31)16(4)5/h7-8,10-16,32-33H,6,9H2,1-5H3,(H2,30,34)(H2,31,35)/b20-7-,21-8-. The molecule has 0 bridgehead atoms. The Balaban J connectivity index is 2.30. The zero-order valence-electron chi connectivity index (χ0n) is 20.9. The van der Waals surface area contributed by atoms with Crippen molar-refractivity contribution >= 4 is 34.4 Å². The van der Waals surface area contributed by atoms with Crippen LogP contribution in [0, 0.1) is 17.6 Å². The van der Waals surface area contributed by atoms with Crippen molar-refractivity contribution in [3.63, 3.8) is 0 Å². The fourth-order valence-corrected chi connectivity index (χ4v) is 3.07. The third-order valence-corrected chi connectivity index (χ3v) is 5.13. The monoisotopic (exact) mass is 480 g/mol. The van der Waals surface area contributed by atoms with Gasteiger partial charge in [0.05, 0.1) is 28.6 Å². The molecule has 2 aromatic carbocycles. The van der Waals surface area contributed by atoms with Crippen molar-refractivity contribution in [2.24, 2.45) is 27.4 Å². The predicted molar refractivity (Wildman–Crippen MR) is 145 cm³/mol. The Morgan fingerprint density at radius 1 is 0.914 bits per heavy atom. The summed E-state index contributed by atoms with van der Waals surface area (Å²) >= 11 is 0. The van der Waals surface area contributed by atoms with Gasteiger partial charge in [0.15, 0.2) is 11.6 Å². The highest BCUT2D eigenvalue weighted by Gasteiger charge is 2.15. The third kappa shape index (κ3) is 7.02. The summed E-state index contributed by atoms with van der Waals surface area (Å²) < 4.78 is 30.6. The molecule has 0 saturated carbocycles. The first kappa shape index (κ1) is 27.3. The van der Waals surface area contributed by atoms with Gasteiger partial charge in [-0.1, -0.05) is 51.6 Å². The lowest BCUT2D eigenvalue weighted by atomic mass is 10.1. The Morgan fingerprint density at radius 2 is 1.37 bits per heavy atom. The van der Waals surface area contributed by atoms with E-state index in [1.54, 1.807) is 62.4 Å². The molecule has 186 valence electrons. The highest BCUT2D eigenvalue weighted by Crippen LogP contribution is 2.29. The molecule has 0 aliphatic carbocycles.